The highest BCUT2D eigenvalue weighted by atomic mass is 35.5. The normalized spacial score (nSPS) is 15.9. The topological polar surface area (TPSA) is 105 Å². The summed E-state index contributed by atoms with van der Waals surface area (Å²) in [6.07, 6.45) is 1.95. The lowest BCUT2D eigenvalue weighted by Gasteiger charge is -2.16. The maximum Gasteiger partial charge on any atom is 0.227 e. The van der Waals surface area contributed by atoms with Crippen LogP contribution in [0.15, 0.2) is 35.6 Å². The van der Waals surface area contributed by atoms with Crippen LogP contribution in [0.1, 0.15) is 27.2 Å². The van der Waals surface area contributed by atoms with E-state index in [0.717, 1.165) is 34.8 Å². The lowest BCUT2D eigenvalue weighted by molar-refractivity contribution is -0.126. The van der Waals surface area contributed by atoms with E-state index in [4.69, 9.17) is 11.6 Å². The van der Waals surface area contributed by atoms with Crippen molar-refractivity contribution in [2.45, 2.75) is 38.9 Å². The smallest absolute Gasteiger partial charge is 0.227 e. The maximum atomic E-state index is 12.8. The molecule has 1 atom stereocenters. The van der Waals surface area contributed by atoms with Gasteiger partial charge in [0.15, 0.2) is 10.8 Å². The molecule has 3 heterocycles. The molecule has 0 bridgehead atoms. The largest absolute Gasteiger partial charge is 0.369 e. The number of carbonyl (C=O) groups is 2. The zero-order valence-corrected chi connectivity index (χ0v) is 21.7. The second-order valence-corrected chi connectivity index (χ2v) is 10.5. The molecule has 2 aromatic heterocycles. The fourth-order valence-corrected chi connectivity index (χ4v) is 4.60. The number of halogens is 1. The number of nitrogens with one attached hydrogen (secondary N) is 2. The van der Waals surface area contributed by atoms with Crippen LogP contribution in [0.3, 0.4) is 0 Å². The second-order valence-electron chi connectivity index (χ2n) is 8.84. The van der Waals surface area contributed by atoms with Crippen molar-refractivity contribution in [2.24, 2.45) is 11.8 Å². The number of aromatic nitrogens is 4. The summed E-state index contributed by atoms with van der Waals surface area (Å²) in [5.74, 6) is 1.53. The van der Waals surface area contributed by atoms with Crippen LogP contribution >= 0.6 is 23.4 Å². The van der Waals surface area contributed by atoms with Gasteiger partial charge in [0.1, 0.15) is 5.82 Å². The van der Waals surface area contributed by atoms with E-state index >= 15 is 0 Å². The number of rotatable bonds is 10. The number of anilines is 2. The molecule has 35 heavy (non-hydrogen) atoms. The van der Waals surface area contributed by atoms with Crippen molar-refractivity contribution in [3.63, 3.8) is 0 Å². The summed E-state index contributed by atoms with van der Waals surface area (Å²) in [5, 5.41) is 13.0. The van der Waals surface area contributed by atoms with E-state index in [9.17, 15) is 9.59 Å². The third kappa shape index (κ3) is 6.05. The molecule has 2 amide bonds. The van der Waals surface area contributed by atoms with Crippen molar-refractivity contribution in [1.29, 1.82) is 0 Å². The van der Waals surface area contributed by atoms with E-state index in [-0.39, 0.29) is 18.2 Å². The summed E-state index contributed by atoms with van der Waals surface area (Å²) in [6, 6.07) is 7.06. The number of carbonyl (C=O) groups excluding carboxylic acids is 2. The number of hydrogen-bond acceptors (Lipinski definition) is 7. The van der Waals surface area contributed by atoms with Crippen LogP contribution in [-0.2, 0) is 16.1 Å². The molecular weight excluding hydrogens is 486 g/mol. The van der Waals surface area contributed by atoms with E-state index in [1.807, 2.05) is 0 Å². The Balaban J connectivity index is 1.39. The molecule has 1 aliphatic rings. The van der Waals surface area contributed by atoms with Gasteiger partial charge < -0.3 is 15.5 Å². The number of amides is 2. The van der Waals surface area contributed by atoms with Gasteiger partial charge in [-0.3, -0.25) is 9.59 Å². The number of fused-ring (bicyclic) bond motifs is 1. The van der Waals surface area contributed by atoms with Gasteiger partial charge in [0, 0.05) is 36.8 Å². The van der Waals surface area contributed by atoms with Crippen molar-refractivity contribution in [1.82, 2.24) is 25.1 Å². The molecule has 1 unspecified atom stereocenters. The van der Waals surface area contributed by atoms with Crippen molar-refractivity contribution in [3.05, 3.63) is 35.5 Å². The van der Waals surface area contributed by atoms with E-state index in [0.29, 0.717) is 35.7 Å². The van der Waals surface area contributed by atoms with Gasteiger partial charge in [0.05, 0.1) is 24.0 Å². The molecule has 11 heteroatoms. The maximum absolute atomic E-state index is 12.8. The molecule has 1 fully saturated rings. The van der Waals surface area contributed by atoms with Crippen molar-refractivity contribution >= 4 is 57.7 Å². The van der Waals surface area contributed by atoms with Crippen LogP contribution in [-0.4, -0.2) is 56.9 Å². The van der Waals surface area contributed by atoms with Crippen LogP contribution in [0.5, 0.6) is 0 Å². The summed E-state index contributed by atoms with van der Waals surface area (Å²) in [7, 11) is 0. The molecule has 186 valence electrons. The summed E-state index contributed by atoms with van der Waals surface area (Å²) < 4.78 is 1.79. The van der Waals surface area contributed by atoms with Crippen LogP contribution in [0.25, 0.3) is 11.0 Å². The summed E-state index contributed by atoms with van der Waals surface area (Å²) >= 11 is 7.52. The second kappa shape index (κ2) is 11.3. The Morgan fingerprint density at radius 3 is 2.74 bits per heavy atom. The Kier molecular flexibility index (Phi) is 8.12. The molecule has 0 saturated carbocycles. The minimum Gasteiger partial charge on any atom is -0.369 e. The van der Waals surface area contributed by atoms with Crippen molar-refractivity contribution < 1.29 is 9.59 Å². The van der Waals surface area contributed by atoms with Gasteiger partial charge >= 0.3 is 0 Å². The summed E-state index contributed by atoms with van der Waals surface area (Å²) in [6.45, 7) is 8.36. The standard InChI is InChI=1S/C24H30ClN7O2S/c1-4-35-24-29-21(27-12-15(2)3)19-13-28-32(22(19)30-24)10-9-26-23(34)16-11-20(33)31(14-16)18-7-5-17(25)6-8-18/h5-8,13,15-16H,4,9-12,14H2,1-3H3,(H,26,34)(H,27,29,30). The fraction of sp³-hybridized carbons (Fsp3) is 0.458. The van der Waals surface area contributed by atoms with E-state index in [2.05, 4.69) is 46.5 Å². The first-order valence-electron chi connectivity index (χ1n) is 11.8. The Bertz CT molecular complexity index is 1200. The molecule has 3 aromatic rings. The van der Waals surface area contributed by atoms with E-state index < -0.39 is 5.92 Å². The van der Waals surface area contributed by atoms with Crippen molar-refractivity contribution in [3.8, 4) is 0 Å². The highest BCUT2D eigenvalue weighted by Crippen LogP contribution is 2.27. The summed E-state index contributed by atoms with van der Waals surface area (Å²) in [5.41, 5.74) is 1.49. The third-order valence-corrected chi connectivity index (χ3v) is 6.67. The fourth-order valence-electron chi connectivity index (χ4n) is 3.91. The Hall–Kier alpha value is -2.85. The Morgan fingerprint density at radius 2 is 2.03 bits per heavy atom. The quantitative estimate of drug-likeness (QED) is 0.312. The van der Waals surface area contributed by atoms with Crippen LogP contribution < -0.4 is 15.5 Å². The van der Waals surface area contributed by atoms with Crippen LogP contribution in [0.4, 0.5) is 11.5 Å². The predicted octanol–water partition coefficient (Wildman–Crippen LogP) is 3.83. The monoisotopic (exact) mass is 515 g/mol. The zero-order valence-electron chi connectivity index (χ0n) is 20.1. The first-order valence-corrected chi connectivity index (χ1v) is 13.2. The lowest BCUT2D eigenvalue weighted by Crippen LogP contribution is -2.35. The molecule has 1 aliphatic heterocycles. The van der Waals surface area contributed by atoms with Crippen LogP contribution in [0, 0.1) is 11.8 Å². The first-order chi connectivity index (χ1) is 16.9. The average Bonchev–Trinajstić information content (AvgIpc) is 3.42. The highest BCUT2D eigenvalue weighted by molar-refractivity contribution is 7.99. The van der Waals surface area contributed by atoms with Gasteiger partial charge in [-0.05, 0) is 35.9 Å². The van der Waals surface area contributed by atoms with Gasteiger partial charge in [-0.1, -0.05) is 44.1 Å². The highest BCUT2D eigenvalue weighted by Gasteiger charge is 2.35. The van der Waals surface area contributed by atoms with E-state index in [1.54, 1.807) is 51.8 Å². The zero-order chi connectivity index (χ0) is 24.9. The minimum atomic E-state index is -0.394. The Labute approximate surface area is 214 Å². The molecule has 0 spiro atoms. The van der Waals surface area contributed by atoms with Gasteiger partial charge in [-0.2, -0.15) is 5.10 Å². The SMILES string of the molecule is CCSc1nc(NCC(C)C)c2cnn(CCNC(=O)C3CC(=O)N(c4ccc(Cl)cc4)C3)c2n1. The molecule has 2 N–H and O–H groups in total. The number of nitrogens with zero attached hydrogens (tertiary/aromatic N) is 5. The first kappa shape index (κ1) is 25.2. The molecular formula is C24H30ClN7O2S. The Morgan fingerprint density at radius 1 is 1.26 bits per heavy atom. The number of thioether (sulfide) groups is 1. The molecule has 1 saturated heterocycles. The summed E-state index contributed by atoms with van der Waals surface area (Å²) in [4.78, 5) is 36.2. The number of hydrogen-bond donors (Lipinski definition) is 2. The third-order valence-electron chi connectivity index (χ3n) is 5.68. The molecule has 0 radical (unpaired) electrons. The molecule has 9 nitrogen and oxygen atoms in total. The van der Waals surface area contributed by atoms with E-state index in [1.165, 1.54) is 0 Å². The van der Waals surface area contributed by atoms with Crippen LogP contribution in [0.2, 0.25) is 5.02 Å². The van der Waals surface area contributed by atoms with Crippen molar-refractivity contribution in [2.75, 3.05) is 35.6 Å². The van der Waals surface area contributed by atoms with Gasteiger partial charge in [-0.15, -0.1) is 0 Å². The molecule has 4 rings (SSSR count). The molecule has 1 aromatic carbocycles. The minimum absolute atomic E-state index is 0.0652. The van der Waals surface area contributed by atoms with Gasteiger partial charge in [0.25, 0.3) is 0 Å². The number of benzene rings is 1. The van der Waals surface area contributed by atoms with Gasteiger partial charge in [-0.25, -0.2) is 14.6 Å². The molecule has 0 aliphatic carbocycles. The lowest BCUT2D eigenvalue weighted by atomic mass is 10.1. The average molecular weight is 516 g/mol. The van der Waals surface area contributed by atoms with Gasteiger partial charge in [0.2, 0.25) is 11.8 Å². The predicted molar refractivity (Wildman–Crippen MR) is 140 cm³/mol.